The third kappa shape index (κ3) is 3.81. The molecule has 3 aliphatic rings. The van der Waals surface area contributed by atoms with Gasteiger partial charge in [-0.1, -0.05) is 27.7 Å². The molecule has 3 unspecified atom stereocenters. The molecule has 8 nitrogen and oxygen atoms in total. The van der Waals surface area contributed by atoms with Crippen molar-refractivity contribution in [3.63, 3.8) is 0 Å². The molecule has 0 radical (unpaired) electrons. The highest BCUT2D eigenvalue weighted by Gasteiger charge is 2.63. The van der Waals surface area contributed by atoms with Gasteiger partial charge >= 0.3 is 5.97 Å². The molecule has 4 rings (SSSR count). The van der Waals surface area contributed by atoms with E-state index in [0.29, 0.717) is 25.3 Å². The predicted molar refractivity (Wildman–Crippen MR) is 123 cm³/mol. The van der Waals surface area contributed by atoms with Crippen LogP contribution in [0.4, 0.5) is 0 Å². The van der Waals surface area contributed by atoms with Crippen molar-refractivity contribution in [2.75, 3.05) is 6.54 Å². The van der Waals surface area contributed by atoms with Crippen molar-refractivity contribution in [2.45, 2.75) is 78.4 Å². The van der Waals surface area contributed by atoms with Crippen LogP contribution in [0, 0.1) is 22.7 Å². The molecular formula is C26H35NO7. The summed E-state index contributed by atoms with van der Waals surface area (Å²) in [4.78, 5) is 40.5. The molecule has 3 fully saturated rings. The molecule has 1 aliphatic heterocycles. The minimum Gasteiger partial charge on any atom is -0.504 e. The van der Waals surface area contributed by atoms with Crippen molar-refractivity contribution < 1.29 is 34.4 Å². The van der Waals surface area contributed by atoms with Crippen molar-refractivity contribution in [1.82, 2.24) is 4.90 Å². The number of ketones is 1. The number of likely N-dealkylation sites (tertiary alicyclic amines) is 1. The van der Waals surface area contributed by atoms with Gasteiger partial charge in [0.25, 0.3) is 0 Å². The number of benzene rings is 1. The van der Waals surface area contributed by atoms with Gasteiger partial charge in [-0.25, -0.2) is 4.79 Å². The van der Waals surface area contributed by atoms with Gasteiger partial charge in [0.15, 0.2) is 23.0 Å². The summed E-state index contributed by atoms with van der Waals surface area (Å²) < 4.78 is 6.04. The van der Waals surface area contributed by atoms with Crippen LogP contribution in [0.15, 0.2) is 12.1 Å². The van der Waals surface area contributed by atoms with Crippen LogP contribution in [0.3, 0.4) is 0 Å². The summed E-state index contributed by atoms with van der Waals surface area (Å²) in [6.07, 6.45) is 4.01. The maximum absolute atomic E-state index is 13.2. The number of hydrogen-bond acceptors (Lipinski definition) is 7. The third-order valence-corrected chi connectivity index (χ3v) is 9.09. The molecule has 2 bridgehead atoms. The van der Waals surface area contributed by atoms with E-state index >= 15 is 0 Å². The first-order valence-corrected chi connectivity index (χ1v) is 12.2. The Balaban J connectivity index is 1.40. The standard InChI is InChI=1S/C26H35NO7/c1-14(10-18(28)15-11-19(29)22(31)20(30)12-15)23(32)27-9-5-6-17(27)24(33)34-21-13-16-7-8-26(21,4)25(16,2)3/h11-12,14,16-17,21,29-31H,5-10,13H2,1-4H3/t14-,16?,17+,21?,26?/m1/s1. The van der Waals surface area contributed by atoms with E-state index < -0.39 is 35.0 Å². The van der Waals surface area contributed by atoms with Crippen LogP contribution in [-0.4, -0.2) is 56.6 Å². The third-order valence-electron chi connectivity index (χ3n) is 9.09. The Morgan fingerprint density at radius 1 is 1.12 bits per heavy atom. The van der Waals surface area contributed by atoms with Gasteiger partial charge in [-0.15, -0.1) is 0 Å². The van der Waals surface area contributed by atoms with Gasteiger partial charge in [0.05, 0.1) is 0 Å². The SMILES string of the molecule is C[C@H](CC(=O)c1cc(O)c(O)c(O)c1)C(=O)N1CCC[C@H]1C(=O)OC1CC2CCC1(C)C2(C)C. The van der Waals surface area contributed by atoms with Gasteiger partial charge in [-0.05, 0) is 55.6 Å². The number of hydrogen-bond donors (Lipinski definition) is 3. The lowest BCUT2D eigenvalue weighted by Gasteiger charge is -2.39. The first-order chi connectivity index (χ1) is 15.9. The largest absolute Gasteiger partial charge is 0.504 e. The topological polar surface area (TPSA) is 124 Å². The number of ether oxygens (including phenoxy) is 1. The Labute approximate surface area is 199 Å². The number of fused-ring (bicyclic) bond motifs is 2. The molecule has 1 aromatic rings. The van der Waals surface area contributed by atoms with Gasteiger partial charge < -0.3 is 25.0 Å². The van der Waals surface area contributed by atoms with Gasteiger partial charge in [-0.2, -0.15) is 0 Å². The Morgan fingerprint density at radius 2 is 1.76 bits per heavy atom. The van der Waals surface area contributed by atoms with Crippen molar-refractivity contribution >= 4 is 17.7 Å². The Morgan fingerprint density at radius 3 is 2.32 bits per heavy atom. The van der Waals surface area contributed by atoms with Crippen LogP contribution in [0.1, 0.15) is 76.6 Å². The summed E-state index contributed by atoms with van der Waals surface area (Å²) in [6, 6.07) is 1.47. The van der Waals surface area contributed by atoms with E-state index in [9.17, 15) is 29.7 Å². The second-order valence-corrected chi connectivity index (χ2v) is 11.1. The van der Waals surface area contributed by atoms with Crippen molar-refractivity contribution in [3.8, 4) is 17.2 Å². The summed E-state index contributed by atoms with van der Waals surface area (Å²) in [5.41, 5.74) is 0.0635. The zero-order valence-corrected chi connectivity index (χ0v) is 20.3. The number of rotatable bonds is 6. The lowest BCUT2D eigenvalue weighted by Crippen LogP contribution is -2.46. The molecule has 34 heavy (non-hydrogen) atoms. The average Bonchev–Trinajstić information content (AvgIpc) is 3.40. The first-order valence-electron chi connectivity index (χ1n) is 12.2. The molecule has 2 aliphatic carbocycles. The number of carbonyl (C=O) groups is 3. The van der Waals surface area contributed by atoms with E-state index in [4.69, 9.17) is 4.74 Å². The van der Waals surface area contributed by atoms with Crippen LogP contribution in [0.25, 0.3) is 0 Å². The molecule has 8 heteroatoms. The molecule has 1 heterocycles. The monoisotopic (exact) mass is 473 g/mol. The number of phenolic OH excluding ortho intramolecular Hbond substituents is 3. The predicted octanol–water partition coefficient (Wildman–Crippen LogP) is 3.76. The Hall–Kier alpha value is -2.77. The minimum absolute atomic E-state index is 0.00280. The molecule has 3 N–H and O–H groups in total. The molecular weight excluding hydrogens is 438 g/mol. The molecule has 1 aromatic carbocycles. The average molecular weight is 474 g/mol. The van der Waals surface area contributed by atoms with Crippen LogP contribution in [0.2, 0.25) is 0 Å². The van der Waals surface area contributed by atoms with Crippen molar-refractivity contribution in [3.05, 3.63) is 17.7 Å². The van der Waals surface area contributed by atoms with Gasteiger partial charge in [0.1, 0.15) is 12.1 Å². The molecule has 0 spiro atoms. The van der Waals surface area contributed by atoms with E-state index in [0.717, 1.165) is 31.4 Å². The van der Waals surface area contributed by atoms with E-state index in [-0.39, 0.29) is 40.8 Å². The fraction of sp³-hybridized carbons (Fsp3) is 0.654. The minimum atomic E-state index is -0.702. The van der Waals surface area contributed by atoms with Gasteiger partial charge in [0, 0.05) is 29.9 Å². The Kier molecular flexibility index (Phi) is 6.07. The summed E-state index contributed by atoms with van der Waals surface area (Å²) in [5.74, 6) is -3.18. The van der Waals surface area contributed by atoms with E-state index in [1.807, 2.05) is 0 Å². The van der Waals surface area contributed by atoms with Crippen LogP contribution < -0.4 is 0 Å². The lowest BCUT2D eigenvalue weighted by molar-refractivity contribution is -0.165. The Bertz CT molecular complexity index is 995. The second kappa shape index (κ2) is 8.47. The van der Waals surface area contributed by atoms with Crippen molar-refractivity contribution in [2.24, 2.45) is 22.7 Å². The number of esters is 1. The van der Waals surface area contributed by atoms with Crippen LogP contribution in [-0.2, 0) is 14.3 Å². The zero-order valence-electron chi connectivity index (χ0n) is 20.3. The highest BCUT2D eigenvalue weighted by molar-refractivity contribution is 6.00. The number of nitrogens with zero attached hydrogens (tertiary/aromatic N) is 1. The molecule has 186 valence electrons. The quantitative estimate of drug-likeness (QED) is 0.326. The fourth-order valence-electron chi connectivity index (χ4n) is 6.33. The maximum Gasteiger partial charge on any atom is 0.329 e. The number of phenols is 3. The van der Waals surface area contributed by atoms with Gasteiger partial charge in [-0.3, -0.25) is 9.59 Å². The van der Waals surface area contributed by atoms with Crippen LogP contribution >= 0.6 is 0 Å². The number of carbonyl (C=O) groups excluding carboxylic acids is 3. The molecule has 0 aromatic heterocycles. The highest BCUT2D eigenvalue weighted by atomic mass is 16.5. The molecule has 1 amide bonds. The second-order valence-electron chi connectivity index (χ2n) is 11.1. The smallest absolute Gasteiger partial charge is 0.329 e. The molecule has 2 saturated carbocycles. The summed E-state index contributed by atoms with van der Waals surface area (Å²) in [5, 5.41) is 28.8. The van der Waals surface area contributed by atoms with Gasteiger partial charge in [0.2, 0.25) is 5.91 Å². The molecule has 1 saturated heterocycles. The number of aromatic hydroxyl groups is 3. The summed E-state index contributed by atoms with van der Waals surface area (Å²) >= 11 is 0. The first kappa shape index (κ1) is 24.4. The van der Waals surface area contributed by atoms with Crippen LogP contribution in [0.5, 0.6) is 17.2 Å². The number of amides is 1. The van der Waals surface area contributed by atoms with E-state index in [2.05, 4.69) is 20.8 Å². The number of Topliss-reactive ketones (excluding diaryl/α,β-unsaturated/α-hetero) is 1. The lowest BCUT2D eigenvalue weighted by atomic mass is 9.70. The highest BCUT2D eigenvalue weighted by Crippen LogP contribution is 2.66. The summed E-state index contributed by atoms with van der Waals surface area (Å²) in [6.45, 7) is 8.79. The fourth-order valence-corrected chi connectivity index (χ4v) is 6.33. The van der Waals surface area contributed by atoms with Crippen molar-refractivity contribution in [1.29, 1.82) is 0 Å². The van der Waals surface area contributed by atoms with E-state index in [1.165, 1.54) is 4.90 Å². The normalized spacial score (nSPS) is 30.4. The summed E-state index contributed by atoms with van der Waals surface area (Å²) in [7, 11) is 0. The van der Waals surface area contributed by atoms with E-state index in [1.54, 1.807) is 6.92 Å². The maximum atomic E-state index is 13.2. The zero-order chi connectivity index (χ0) is 25.0. The molecule has 5 atom stereocenters.